The maximum absolute atomic E-state index is 13.1. The van der Waals surface area contributed by atoms with Crippen LogP contribution in [-0.4, -0.2) is 39.4 Å². The van der Waals surface area contributed by atoms with Crippen LogP contribution in [0.3, 0.4) is 0 Å². The first-order chi connectivity index (χ1) is 12.3. The van der Waals surface area contributed by atoms with Crippen molar-refractivity contribution in [1.29, 1.82) is 0 Å². The van der Waals surface area contributed by atoms with Gasteiger partial charge in [-0.3, -0.25) is 0 Å². The van der Waals surface area contributed by atoms with E-state index in [1.165, 1.54) is 11.3 Å². The van der Waals surface area contributed by atoms with E-state index in [4.69, 9.17) is 9.47 Å². The number of nitrogens with one attached hydrogen (secondary N) is 1. The van der Waals surface area contributed by atoms with Gasteiger partial charge in [0.15, 0.2) is 11.5 Å². The smallest absolute Gasteiger partial charge is 0.163 e. The molecule has 1 unspecified atom stereocenters. The lowest BCUT2D eigenvalue weighted by Crippen LogP contribution is -3.11. The summed E-state index contributed by atoms with van der Waals surface area (Å²) in [4.78, 5) is 3.97. The largest absolute Gasteiger partial charge is 0.486 e. The second kappa shape index (κ2) is 7.31. The van der Waals surface area contributed by atoms with Gasteiger partial charge in [-0.2, -0.15) is 0 Å². The Labute approximate surface area is 147 Å². The van der Waals surface area contributed by atoms with Crippen LogP contribution in [0.1, 0.15) is 12.0 Å². The van der Waals surface area contributed by atoms with Gasteiger partial charge in [-0.15, -0.1) is 0 Å². The molecular weight excluding hydrogens is 319 g/mol. The fraction of sp³-hybridized carbons (Fsp3) is 0.400. The van der Waals surface area contributed by atoms with E-state index in [0.717, 1.165) is 50.6 Å². The molecule has 1 fully saturated rings. The molecule has 2 heterocycles. The molecule has 1 saturated heterocycles. The van der Waals surface area contributed by atoms with Gasteiger partial charge in [0.2, 0.25) is 0 Å². The number of anilines is 1. The van der Waals surface area contributed by atoms with Crippen LogP contribution < -0.4 is 19.3 Å². The lowest BCUT2D eigenvalue weighted by molar-refractivity contribution is -0.911. The molecule has 132 valence electrons. The van der Waals surface area contributed by atoms with Crippen LogP contribution in [0.5, 0.6) is 11.5 Å². The van der Waals surface area contributed by atoms with Crippen LogP contribution in [0.15, 0.2) is 42.5 Å². The number of quaternary nitrogens is 1. The molecule has 2 aliphatic heterocycles. The highest BCUT2D eigenvalue weighted by molar-refractivity contribution is 5.56. The molecule has 1 N–H and O–H groups in total. The molecule has 0 saturated carbocycles. The number of rotatable bonds is 3. The van der Waals surface area contributed by atoms with Crippen LogP contribution in [0.2, 0.25) is 0 Å². The molecule has 0 amide bonds. The summed E-state index contributed by atoms with van der Waals surface area (Å²) >= 11 is 0. The van der Waals surface area contributed by atoms with Crippen molar-refractivity contribution in [3.63, 3.8) is 0 Å². The summed E-state index contributed by atoms with van der Waals surface area (Å²) in [5.74, 6) is 1.52. The first-order valence-electron chi connectivity index (χ1n) is 9.00. The zero-order valence-electron chi connectivity index (χ0n) is 14.3. The highest BCUT2D eigenvalue weighted by Crippen LogP contribution is 2.34. The Balaban J connectivity index is 1.40. The highest BCUT2D eigenvalue weighted by Gasteiger charge is 2.20. The Morgan fingerprint density at radius 2 is 1.72 bits per heavy atom. The van der Waals surface area contributed by atoms with E-state index in [-0.39, 0.29) is 5.82 Å². The van der Waals surface area contributed by atoms with E-state index in [1.54, 1.807) is 17.0 Å². The van der Waals surface area contributed by atoms with E-state index in [2.05, 4.69) is 17.0 Å². The normalized spacial score (nSPS) is 20.2. The third-order valence-electron chi connectivity index (χ3n) is 4.95. The zero-order chi connectivity index (χ0) is 17.1. The van der Waals surface area contributed by atoms with E-state index in [0.29, 0.717) is 13.2 Å². The quantitative estimate of drug-likeness (QED) is 0.922. The van der Waals surface area contributed by atoms with Gasteiger partial charge in [0.05, 0.1) is 19.6 Å². The maximum Gasteiger partial charge on any atom is 0.163 e. The number of hydrogen-bond donors (Lipinski definition) is 1. The summed E-state index contributed by atoms with van der Waals surface area (Å²) in [7, 11) is 0. The van der Waals surface area contributed by atoms with E-state index in [1.807, 2.05) is 18.2 Å². The molecule has 4 rings (SSSR count). The fourth-order valence-corrected chi connectivity index (χ4v) is 3.60. The van der Waals surface area contributed by atoms with Crippen molar-refractivity contribution in [2.75, 3.05) is 44.3 Å². The van der Waals surface area contributed by atoms with E-state index < -0.39 is 0 Å². The van der Waals surface area contributed by atoms with Gasteiger partial charge >= 0.3 is 0 Å². The van der Waals surface area contributed by atoms with Crippen LogP contribution in [0, 0.1) is 5.82 Å². The lowest BCUT2D eigenvalue weighted by atomic mass is 10.2. The second-order valence-electron chi connectivity index (χ2n) is 6.72. The van der Waals surface area contributed by atoms with Crippen molar-refractivity contribution in [1.82, 2.24) is 0 Å². The van der Waals surface area contributed by atoms with Crippen molar-refractivity contribution < 1.29 is 18.8 Å². The standard InChI is InChI=1S/C20H23FN2O2/c21-17-4-2-16(3-5-17)15-22-8-1-9-23(11-10-22)18-6-7-19-20(14-18)25-13-12-24-19/h2-7,14H,1,8-13,15H2/p+1. The Morgan fingerprint density at radius 1 is 0.920 bits per heavy atom. The maximum atomic E-state index is 13.1. The molecule has 2 aliphatic rings. The van der Waals surface area contributed by atoms with Crippen molar-refractivity contribution in [2.24, 2.45) is 0 Å². The van der Waals surface area contributed by atoms with Gasteiger partial charge in [0.1, 0.15) is 25.6 Å². The molecule has 2 aromatic carbocycles. The minimum absolute atomic E-state index is 0.167. The first-order valence-corrected chi connectivity index (χ1v) is 9.00. The monoisotopic (exact) mass is 343 g/mol. The molecule has 2 aromatic rings. The average Bonchev–Trinajstić information content (AvgIpc) is 2.89. The average molecular weight is 343 g/mol. The summed E-state index contributed by atoms with van der Waals surface area (Å²) < 4.78 is 24.4. The van der Waals surface area contributed by atoms with Gasteiger partial charge in [0, 0.05) is 30.3 Å². The topological polar surface area (TPSA) is 26.1 Å². The van der Waals surface area contributed by atoms with Crippen molar-refractivity contribution in [3.8, 4) is 11.5 Å². The molecule has 0 spiro atoms. The van der Waals surface area contributed by atoms with Crippen molar-refractivity contribution >= 4 is 5.69 Å². The van der Waals surface area contributed by atoms with E-state index in [9.17, 15) is 4.39 Å². The summed E-state index contributed by atoms with van der Waals surface area (Å²) in [6.07, 6.45) is 1.14. The van der Waals surface area contributed by atoms with E-state index >= 15 is 0 Å². The first kappa shape index (κ1) is 16.2. The number of ether oxygens (including phenoxy) is 2. The summed E-state index contributed by atoms with van der Waals surface area (Å²) in [5.41, 5.74) is 2.40. The lowest BCUT2D eigenvalue weighted by Gasteiger charge is -2.25. The molecule has 0 radical (unpaired) electrons. The summed E-state index contributed by atoms with van der Waals surface area (Å²) in [5, 5.41) is 0. The summed E-state index contributed by atoms with van der Waals surface area (Å²) in [6, 6.07) is 13.1. The van der Waals surface area contributed by atoms with Crippen LogP contribution in [0.25, 0.3) is 0 Å². The molecular formula is C20H24FN2O2+. The molecule has 4 nitrogen and oxygen atoms in total. The van der Waals surface area contributed by atoms with Gasteiger partial charge in [-0.1, -0.05) is 12.1 Å². The minimum Gasteiger partial charge on any atom is -0.486 e. The predicted octanol–water partition coefficient (Wildman–Crippen LogP) is 1.89. The number of benzene rings is 2. The number of nitrogens with zero attached hydrogens (tertiary/aromatic N) is 1. The van der Waals surface area contributed by atoms with Crippen LogP contribution in [-0.2, 0) is 6.54 Å². The molecule has 0 aliphatic carbocycles. The number of hydrogen-bond acceptors (Lipinski definition) is 3. The summed E-state index contributed by atoms with van der Waals surface area (Å²) in [6.45, 7) is 6.46. The fourth-order valence-electron chi connectivity index (χ4n) is 3.60. The number of fused-ring (bicyclic) bond motifs is 1. The molecule has 0 bridgehead atoms. The third-order valence-corrected chi connectivity index (χ3v) is 4.95. The predicted molar refractivity (Wildman–Crippen MR) is 95.1 cm³/mol. The second-order valence-corrected chi connectivity index (χ2v) is 6.72. The molecule has 0 aromatic heterocycles. The van der Waals surface area contributed by atoms with Crippen LogP contribution in [0.4, 0.5) is 10.1 Å². The molecule has 25 heavy (non-hydrogen) atoms. The van der Waals surface area contributed by atoms with Crippen LogP contribution >= 0.6 is 0 Å². The number of halogens is 1. The Morgan fingerprint density at radius 3 is 2.56 bits per heavy atom. The molecule has 1 atom stereocenters. The Kier molecular flexibility index (Phi) is 4.74. The molecule has 5 heteroatoms. The zero-order valence-corrected chi connectivity index (χ0v) is 14.3. The van der Waals surface area contributed by atoms with Gasteiger partial charge in [-0.25, -0.2) is 4.39 Å². The SMILES string of the molecule is Fc1ccc(C[NH+]2CCCN(c3ccc4c(c3)OCCO4)CC2)cc1. The van der Waals surface area contributed by atoms with Gasteiger partial charge in [0.25, 0.3) is 0 Å². The minimum atomic E-state index is -0.167. The Hall–Kier alpha value is -2.27. The Bertz CT molecular complexity index is 720. The van der Waals surface area contributed by atoms with Crippen molar-refractivity contribution in [2.45, 2.75) is 13.0 Å². The third kappa shape index (κ3) is 3.87. The van der Waals surface area contributed by atoms with Crippen molar-refractivity contribution in [3.05, 3.63) is 53.8 Å². The highest BCUT2D eigenvalue weighted by atomic mass is 19.1. The van der Waals surface area contributed by atoms with Gasteiger partial charge < -0.3 is 19.3 Å². The van der Waals surface area contributed by atoms with Gasteiger partial charge in [-0.05, 0) is 24.3 Å².